The predicted octanol–water partition coefficient (Wildman–Crippen LogP) is 1.66. The molecule has 2 N–H and O–H groups in total. The highest BCUT2D eigenvalue weighted by Gasteiger charge is 2.13. The molecule has 0 aliphatic rings. The van der Waals surface area contributed by atoms with Crippen LogP contribution in [0.3, 0.4) is 0 Å². The number of furan rings is 1. The van der Waals surface area contributed by atoms with Crippen molar-refractivity contribution >= 4 is 5.97 Å². The Labute approximate surface area is 103 Å². The first-order chi connectivity index (χ1) is 8.50. The third kappa shape index (κ3) is 4.80. The predicted molar refractivity (Wildman–Crippen MR) is 58.9 cm³/mol. The van der Waals surface area contributed by atoms with E-state index >= 15 is 0 Å². The molecule has 1 rings (SSSR count). The smallest absolute Gasteiger partial charge is 0.372 e. The molecule has 0 saturated heterocycles. The van der Waals surface area contributed by atoms with Crippen molar-refractivity contribution in [1.82, 2.24) is 5.32 Å². The van der Waals surface area contributed by atoms with Crippen LogP contribution in [0.2, 0.25) is 0 Å². The number of carbonyl (C=O) groups is 1. The molecule has 0 aliphatic heterocycles. The van der Waals surface area contributed by atoms with Gasteiger partial charge in [-0.05, 0) is 13.0 Å². The van der Waals surface area contributed by atoms with Gasteiger partial charge in [-0.15, -0.1) is 0 Å². The van der Waals surface area contributed by atoms with Gasteiger partial charge in [-0.3, -0.25) is 0 Å². The van der Waals surface area contributed by atoms with E-state index < -0.39 is 19.0 Å². The fourth-order valence-corrected chi connectivity index (χ4v) is 1.38. The molecular formula is C11H15F2NO4. The quantitative estimate of drug-likeness (QED) is 0.698. The van der Waals surface area contributed by atoms with E-state index in [0.717, 1.165) is 0 Å². The van der Waals surface area contributed by atoms with Gasteiger partial charge in [-0.1, -0.05) is 0 Å². The van der Waals surface area contributed by atoms with E-state index in [4.69, 9.17) is 9.52 Å². The summed E-state index contributed by atoms with van der Waals surface area (Å²) in [4.78, 5) is 10.7. The molecule has 0 radical (unpaired) electrons. The van der Waals surface area contributed by atoms with Gasteiger partial charge in [-0.25, -0.2) is 13.6 Å². The lowest BCUT2D eigenvalue weighted by Gasteiger charge is -2.04. The number of alkyl halides is 2. The van der Waals surface area contributed by atoms with Crippen LogP contribution in [0.1, 0.15) is 21.9 Å². The Morgan fingerprint density at radius 1 is 1.61 bits per heavy atom. The third-order valence-electron chi connectivity index (χ3n) is 2.13. The van der Waals surface area contributed by atoms with Crippen molar-refractivity contribution in [3.63, 3.8) is 0 Å². The number of halogens is 2. The summed E-state index contributed by atoms with van der Waals surface area (Å²) in [7, 11) is 0. The summed E-state index contributed by atoms with van der Waals surface area (Å²) >= 11 is 0. The Kier molecular flexibility index (Phi) is 5.73. The average molecular weight is 263 g/mol. The Morgan fingerprint density at radius 3 is 2.89 bits per heavy atom. The fourth-order valence-electron chi connectivity index (χ4n) is 1.38. The number of carboxylic acid groups (broad SMARTS) is 1. The van der Waals surface area contributed by atoms with Gasteiger partial charge in [0.1, 0.15) is 12.4 Å². The van der Waals surface area contributed by atoms with Crippen LogP contribution in [-0.4, -0.2) is 37.3 Å². The maximum atomic E-state index is 11.7. The lowest BCUT2D eigenvalue weighted by atomic mass is 10.2. The molecule has 1 aromatic heterocycles. The topological polar surface area (TPSA) is 71.7 Å². The summed E-state index contributed by atoms with van der Waals surface area (Å²) < 4.78 is 33.2. The largest absolute Gasteiger partial charge is 0.475 e. The molecule has 0 aliphatic carbocycles. The Morgan fingerprint density at radius 2 is 2.33 bits per heavy atom. The number of hydrogen-bond donors (Lipinski definition) is 2. The number of aryl methyl sites for hydroxylation is 1. The fraction of sp³-hybridized carbons (Fsp3) is 0.545. The highest BCUT2D eigenvalue weighted by molar-refractivity contribution is 5.86. The lowest BCUT2D eigenvalue weighted by molar-refractivity contribution is 0.0186. The molecule has 0 amide bonds. The lowest BCUT2D eigenvalue weighted by Crippen LogP contribution is -2.20. The molecule has 18 heavy (non-hydrogen) atoms. The summed E-state index contributed by atoms with van der Waals surface area (Å²) in [6, 6.07) is 1.62. The van der Waals surface area contributed by atoms with Gasteiger partial charge >= 0.3 is 5.97 Å². The number of hydrogen-bond acceptors (Lipinski definition) is 4. The van der Waals surface area contributed by atoms with Crippen LogP contribution in [0.4, 0.5) is 8.78 Å². The average Bonchev–Trinajstić information content (AvgIpc) is 2.64. The number of nitrogens with one attached hydrogen (secondary N) is 1. The van der Waals surface area contributed by atoms with Crippen LogP contribution in [0.5, 0.6) is 0 Å². The van der Waals surface area contributed by atoms with E-state index in [9.17, 15) is 13.6 Å². The van der Waals surface area contributed by atoms with Gasteiger partial charge in [0, 0.05) is 12.1 Å². The molecule has 0 spiro atoms. The first kappa shape index (κ1) is 14.6. The Bertz CT molecular complexity index is 392. The van der Waals surface area contributed by atoms with Crippen LogP contribution in [0.15, 0.2) is 10.5 Å². The number of carboxylic acids is 1. The van der Waals surface area contributed by atoms with E-state index in [2.05, 4.69) is 10.1 Å². The van der Waals surface area contributed by atoms with E-state index in [1.807, 2.05) is 0 Å². The van der Waals surface area contributed by atoms with Crippen LogP contribution in [0, 0.1) is 6.92 Å². The SMILES string of the molecule is Cc1cc(CNCCOCC(F)F)oc1C(=O)O. The second-order valence-corrected chi connectivity index (χ2v) is 3.67. The van der Waals surface area contributed by atoms with Crippen molar-refractivity contribution in [1.29, 1.82) is 0 Å². The van der Waals surface area contributed by atoms with Crippen molar-refractivity contribution in [2.75, 3.05) is 19.8 Å². The number of rotatable bonds is 8. The van der Waals surface area contributed by atoms with E-state index in [1.54, 1.807) is 13.0 Å². The highest BCUT2D eigenvalue weighted by Crippen LogP contribution is 2.14. The zero-order valence-electron chi connectivity index (χ0n) is 9.91. The third-order valence-corrected chi connectivity index (χ3v) is 2.13. The summed E-state index contributed by atoms with van der Waals surface area (Å²) in [5, 5.41) is 11.7. The normalized spacial score (nSPS) is 11.1. The molecule has 1 heterocycles. The van der Waals surface area contributed by atoms with Crippen molar-refractivity contribution in [2.24, 2.45) is 0 Å². The maximum absolute atomic E-state index is 11.7. The van der Waals surface area contributed by atoms with Crippen molar-refractivity contribution in [3.8, 4) is 0 Å². The van der Waals surface area contributed by atoms with Crippen molar-refractivity contribution < 1.29 is 27.8 Å². The second kappa shape index (κ2) is 7.07. The van der Waals surface area contributed by atoms with Crippen molar-refractivity contribution in [3.05, 3.63) is 23.2 Å². The van der Waals surface area contributed by atoms with E-state index in [-0.39, 0.29) is 12.4 Å². The first-order valence-electron chi connectivity index (χ1n) is 5.40. The molecular weight excluding hydrogens is 248 g/mol. The molecule has 7 heteroatoms. The molecule has 0 atom stereocenters. The minimum Gasteiger partial charge on any atom is -0.475 e. The molecule has 0 saturated carbocycles. The van der Waals surface area contributed by atoms with Gasteiger partial charge in [-0.2, -0.15) is 0 Å². The van der Waals surface area contributed by atoms with Crippen LogP contribution < -0.4 is 5.32 Å². The van der Waals surface area contributed by atoms with Crippen LogP contribution in [0.25, 0.3) is 0 Å². The van der Waals surface area contributed by atoms with Gasteiger partial charge in [0.2, 0.25) is 5.76 Å². The highest BCUT2D eigenvalue weighted by atomic mass is 19.3. The molecule has 0 fully saturated rings. The summed E-state index contributed by atoms with van der Waals surface area (Å²) in [5.41, 5.74) is 0.549. The standard InChI is InChI=1S/C11H15F2NO4/c1-7-4-8(18-10(7)11(15)16)5-14-2-3-17-6-9(12)13/h4,9,14H,2-3,5-6H2,1H3,(H,15,16). The summed E-state index contributed by atoms with van der Waals surface area (Å²) in [5.74, 6) is -0.710. The summed E-state index contributed by atoms with van der Waals surface area (Å²) in [6.07, 6.45) is -2.46. The minimum atomic E-state index is -2.46. The molecule has 0 bridgehead atoms. The Hall–Kier alpha value is -1.47. The minimum absolute atomic E-state index is 0.0826. The van der Waals surface area contributed by atoms with Gasteiger partial charge < -0.3 is 19.6 Å². The van der Waals surface area contributed by atoms with Crippen LogP contribution >= 0.6 is 0 Å². The van der Waals surface area contributed by atoms with E-state index in [1.165, 1.54) is 0 Å². The molecule has 1 aromatic rings. The molecule has 0 aromatic carbocycles. The van der Waals surface area contributed by atoms with Gasteiger partial charge in [0.25, 0.3) is 6.43 Å². The number of aromatic carboxylic acids is 1. The van der Waals surface area contributed by atoms with Crippen molar-refractivity contribution in [2.45, 2.75) is 19.9 Å². The Balaban J connectivity index is 2.23. The summed E-state index contributed by atoms with van der Waals surface area (Å²) in [6.45, 7) is 1.93. The maximum Gasteiger partial charge on any atom is 0.372 e. The molecule has 5 nitrogen and oxygen atoms in total. The first-order valence-corrected chi connectivity index (χ1v) is 5.40. The monoisotopic (exact) mass is 263 g/mol. The molecule has 0 unspecified atom stereocenters. The number of ether oxygens (including phenoxy) is 1. The second-order valence-electron chi connectivity index (χ2n) is 3.67. The van der Waals surface area contributed by atoms with Gasteiger partial charge in [0.05, 0.1) is 13.2 Å². The zero-order chi connectivity index (χ0) is 13.5. The van der Waals surface area contributed by atoms with E-state index in [0.29, 0.717) is 24.4 Å². The zero-order valence-corrected chi connectivity index (χ0v) is 9.91. The van der Waals surface area contributed by atoms with Crippen LogP contribution in [-0.2, 0) is 11.3 Å². The molecule has 102 valence electrons. The van der Waals surface area contributed by atoms with Gasteiger partial charge in [0.15, 0.2) is 0 Å².